The van der Waals surface area contributed by atoms with E-state index in [-0.39, 0.29) is 11.5 Å². The fraction of sp³-hybridized carbons (Fsp3) is 0.0667. The lowest BCUT2D eigenvalue weighted by Crippen LogP contribution is -2.05. The number of benzene rings is 1. The van der Waals surface area contributed by atoms with Crippen LogP contribution in [-0.2, 0) is 0 Å². The van der Waals surface area contributed by atoms with Gasteiger partial charge in [-0.3, -0.25) is 9.78 Å². The molecule has 0 aliphatic rings. The molecule has 0 aliphatic heterocycles. The minimum Gasteiger partial charge on any atom is -0.480 e. The van der Waals surface area contributed by atoms with Crippen LogP contribution in [0.5, 0.6) is 5.88 Å². The molecule has 0 atom stereocenters. The van der Waals surface area contributed by atoms with Crippen LogP contribution in [0.1, 0.15) is 16.1 Å². The van der Waals surface area contributed by atoms with Gasteiger partial charge in [-0.2, -0.15) is 0 Å². The van der Waals surface area contributed by atoms with E-state index in [0.717, 1.165) is 10.9 Å². The van der Waals surface area contributed by atoms with Gasteiger partial charge in [0.1, 0.15) is 5.69 Å². The van der Waals surface area contributed by atoms with E-state index in [1.807, 2.05) is 18.2 Å². The van der Waals surface area contributed by atoms with Crippen LogP contribution in [0.15, 0.2) is 48.7 Å². The first-order valence-corrected chi connectivity index (χ1v) is 6.05. The third-order valence-corrected chi connectivity index (χ3v) is 2.95. The van der Waals surface area contributed by atoms with Gasteiger partial charge < -0.3 is 4.74 Å². The molecule has 0 spiro atoms. The summed E-state index contributed by atoms with van der Waals surface area (Å²) in [4.78, 5) is 16.6. The number of fused-ring (bicyclic) bond motifs is 1. The van der Waals surface area contributed by atoms with Crippen LogP contribution in [-0.4, -0.2) is 28.1 Å². The third-order valence-electron chi connectivity index (χ3n) is 2.95. The van der Waals surface area contributed by atoms with E-state index in [9.17, 15) is 4.79 Å². The Labute approximate surface area is 115 Å². The molecule has 0 N–H and O–H groups in total. The predicted molar refractivity (Wildman–Crippen MR) is 73.8 cm³/mol. The molecule has 0 bridgehead atoms. The van der Waals surface area contributed by atoms with Gasteiger partial charge in [0.05, 0.1) is 12.6 Å². The molecule has 3 rings (SSSR count). The predicted octanol–water partition coefficient (Wildman–Crippen LogP) is 2.26. The number of methoxy groups -OCH3 is 1. The third kappa shape index (κ3) is 2.21. The lowest BCUT2D eigenvalue weighted by molar-refractivity contribution is 0.103. The Bertz CT molecular complexity index is 769. The zero-order valence-corrected chi connectivity index (χ0v) is 10.8. The summed E-state index contributed by atoms with van der Waals surface area (Å²) >= 11 is 0. The summed E-state index contributed by atoms with van der Waals surface area (Å²) in [7, 11) is 1.50. The van der Waals surface area contributed by atoms with Crippen LogP contribution >= 0.6 is 0 Å². The van der Waals surface area contributed by atoms with Crippen LogP contribution < -0.4 is 4.74 Å². The van der Waals surface area contributed by atoms with Crippen molar-refractivity contribution in [3.63, 3.8) is 0 Å². The summed E-state index contributed by atoms with van der Waals surface area (Å²) in [5.41, 5.74) is 1.59. The summed E-state index contributed by atoms with van der Waals surface area (Å²) in [5.74, 6) is 0.189. The zero-order valence-electron chi connectivity index (χ0n) is 10.8. The van der Waals surface area contributed by atoms with Gasteiger partial charge in [0, 0.05) is 23.2 Å². The molecule has 20 heavy (non-hydrogen) atoms. The summed E-state index contributed by atoms with van der Waals surface area (Å²) in [6.45, 7) is 0. The number of rotatable bonds is 3. The van der Waals surface area contributed by atoms with E-state index in [0.29, 0.717) is 11.4 Å². The molecule has 0 radical (unpaired) electrons. The smallest absolute Gasteiger partial charge is 0.233 e. The first kappa shape index (κ1) is 12.2. The quantitative estimate of drug-likeness (QED) is 0.680. The number of nitrogens with zero attached hydrogens (tertiary/aromatic N) is 3. The molecule has 1 aromatic carbocycles. The molecule has 0 unspecified atom stereocenters. The van der Waals surface area contributed by atoms with Crippen molar-refractivity contribution in [2.75, 3.05) is 7.11 Å². The van der Waals surface area contributed by atoms with Crippen molar-refractivity contribution in [1.82, 2.24) is 15.2 Å². The molecule has 2 aromatic heterocycles. The zero-order chi connectivity index (χ0) is 13.9. The van der Waals surface area contributed by atoms with Gasteiger partial charge in [0.2, 0.25) is 11.7 Å². The fourth-order valence-electron chi connectivity index (χ4n) is 1.91. The van der Waals surface area contributed by atoms with Crippen molar-refractivity contribution >= 4 is 16.7 Å². The van der Waals surface area contributed by atoms with Crippen molar-refractivity contribution in [3.8, 4) is 5.88 Å². The molecule has 0 fully saturated rings. The SMILES string of the molecule is COc1ccc(C(=O)c2ccc3cccnc3c2)nn1. The lowest BCUT2D eigenvalue weighted by Gasteiger charge is -2.02. The number of ether oxygens (including phenoxy) is 1. The van der Waals surface area contributed by atoms with Crippen LogP contribution in [0.25, 0.3) is 10.9 Å². The number of carbonyl (C=O) groups is 1. The maximum atomic E-state index is 12.3. The van der Waals surface area contributed by atoms with Gasteiger partial charge in [0.15, 0.2) is 0 Å². The molecule has 2 heterocycles. The molecule has 0 saturated carbocycles. The highest BCUT2D eigenvalue weighted by Crippen LogP contribution is 2.16. The van der Waals surface area contributed by atoms with Crippen molar-refractivity contribution in [2.45, 2.75) is 0 Å². The van der Waals surface area contributed by atoms with E-state index < -0.39 is 0 Å². The number of pyridine rings is 1. The summed E-state index contributed by atoms with van der Waals surface area (Å²) in [5, 5.41) is 8.65. The number of aromatic nitrogens is 3. The van der Waals surface area contributed by atoms with Crippen LogP contribution in [0.3, 0.4) is 0 Å². The molecule has 0 saturated heterocycles. The Hall–Kier alpha value is -2.82. The molecule has 0 amide bonds. The van der Waals surface area contributed by atoms with Crippen LogP contribution in [0, 0.1) is 0 Å². The van der Waals surface area contributed by atoms with E-state index in [1.54, 1.807) is 30.5 Å². The standard InChI is InChI=1S/C15H11N3O2/c1-20-14-7-6-12(17-18-14)15(19)11-5-4-10-3-2-8-16-13(10)9-11/h2-9H,1H3. The first-order valence-electron chi connectivity index (χ1n) is 6.05. The van der Waals surface area contributed by atoms with E-state index >= 15 is 0 Å². The van der Waals surface area contributed by atoms with Crippen molar-refractivity contribution in [3.05, 3.63) is 59.9 Å². The number of ketones is 1. The Kier molecular flexibility index (Phi) is 3.09. The molecule has 0 aliphatic carbocycles. The molecule has 5 nitrogen and oxygen atoms in total. The van der Waals surface area contributed by atoms with Gasteiger partial charge in [-0.05, 0) is 18.2 Å². The molecule has 3 aromatic rings. The van der Waals surface area contributed by atoms with Crippen LogP contribution in [0.2, 0.25) is 0 Å². The molecule has 98 valence electrons. The van der Waals surface area contributed by atoms with Crippen molar-refractivity contribution in [2.24, 2.45) is 0 Å². The van der Waals surface area contributed by atoms with Crippen LogP contribution in [0.4, 0.5) is 0 Å². The highest BCUT2D eigenvalue weighted by Gasteiger charge is 2.12. The second-order valence-corrected chi connectivity index (χ2v) is 4.20. The summed E-state index contributed by atoms with van der Waals surface area (Å²) < 4.78 is 4.92. The molecular formula is C15H11N3O2. The van der Waals surface area contributed by atoms with Crippen molar-refractivity contribution < 1.29 is 9.53 Å². The van der Waals surface area contributed by atoms with E-state index in [2.05, 4.69) is 15.2 Å². The first-order chi connectivity index (χ1) is 9.78. The maximum Gasteiger partial charge on any atom is 0.233 e. The average Bonchev–Trinajstić information content (AvgIpc) is 2.54. The average molecular weight is 265 g/mol. The van der Waals surface area contributed by atoms with E-state index in [4.69, 9.17) is 4.74 Å². The highest BCUT2D eigenvalue weighted by atomic mass is 16.5. The van der Waals surface area contributed by atoms with Crippen molar-refractivity contribution in [1.29, 1.82) is 0 Å². The number of carbonyl (C=O) groups excluding carboxylic acids is 1. The number of hydrogen-bond donors (Lipinski definition) is 0. The summed E-state index contributed by atoms with van der Waals surface area (Å²) in [6, 6.07) is 12.4. The Morgan fingerprint density at radius 1 is 1.10 bits per heavy atom. The topological polar surface area (TPSA) is 65.0 Å². The minimum absolute atomic E-state index is 0.187. The lowest BCUT2D eigenvalue weighted by atomic mass is 10.1. The second kappa shape index (κ2) is 5.05. The number of hydrogen-bond acceptors (Lipinski definition) is 5. The monoisotopic (exact) mass is 265 g/mol. The Morgan fingerprint density at radius 3 is 2.75 bits per heavy atom. The van der Waals surface area contributed by atoms with E-state index in [1.165, 1.54) is 7.11 Å². The highest BCUT2D eigenvalue weighted by molar-refractivity contribution is 6.09. The fourth-order valence-corrected chi connectivity index (χ4v) is 1.91. The Balaban J connectivity index is 1.98. The Morgan fingerprint density at radius 2 is 2.00 bits per heavy atom. The summed E-state index contributed by atoms with van der Waals surface area (Å²) in [6.07, 6.45) is 1.70. The van der Waals surface area contributed by atoms with Gasteiger partial charge >= 0.3 is 0 Å². The second-order valence-electron chi connectivity index (χ2n) is 4.20. The molecule has 5 heteroatoms. The van der Waals surface area contributed by atoms with Gasteiger partial charge in [-0.15, -0.1) is 10.2 Å². The maximum absolute atomic E-state index is 12.3. The minimum atomic E-state index is -0.187. The van der Waals surface area contributed by atoms with Gasteiger partial charge in [-0.25, -0.2) is 0 Å². The van der Waals surface area contributed by atoms with Gasteiger partial charge in [0.25, 0.3) is 0 Å². The largest absolute Gasteiger partial charge is 0.480 e. The molecular weight excluding hydrogens is 254 g/mol. The normalized spacial score (nSPS) is 10.4. The van der Waals surface area contributed by atoms with Gasteiger partial charge in [-0.1, -0.05) is 18.2 Å².